The van der Waals surface area contributed by atoms with Crippen LogP contribution in [0.5, 0.6) is 5.75 Å². The Hall–Kier alpha value is -3.10. The third kappa shape index (κ3) is 8.45. The van der Waals surface area contributed by atoms with E-state index in [1.807, 2.05) is 36.4 Å². The summed E-state index contributed by atoms with van der Waals surface area (Å²) in [6.07, 6.45) is -4.08. The molecule has 0 spiro atoms. The summed E-state index contributed by atoms with van der Waals surface area (Å²) in [6.45, 7) is 0.244. The first kappa shape index (κ1) is 33.1. The Kier molecular flexibility index (Phi) is 13.4. The first-order valence-electron chi connectivity index (χ1n) is 11.9. The SMILES string of the molecule is CO[C@H]1O[C@@H]2CO[C@@H](c3ccccc3)O[C@H]2[C@H](O)[C@@H]1[O-].[O-2].[O-]/C(=N\N=C\c1ccccc1[O-])c1ccccc1.[V]. The standard InChI is InChI=1S/C14H12N2O2.C14H17O6.O.V/c17-13-9-5-4-8-12(13)10-15-16-14(18)11-6-2-1-3-7-11;1-17-14-11(16)10(15)12-9(19-14)7-18-13(20-12)8-5-3-2-4-6-8;;/h1-10,17H,(H,16,18);2-6,9-15H,7H2,1H3;;/q;-1;-2;/p-2/b15-10+;;;/t;9-,10-,11+,12-,13-,14+;;/m.1../s1. The van der Waals surface area contributed by atoms with E-state index in [-0.39, 0.29) is 36.4 Å². The number of para-hydroxylation sites is 1. The Balaban J connectivity index is 0.000000268. The van der Waals surface area contributed by atoms with Gasteiger partial charge in [0.2, 0.25) is 0 Å². The van der Waals surface area contributed by atoms with Crippen LogP contribution < -0.4 is 15.3 Å². The van der Waals surface area contributed by atoms with Crippen molar-refractivity contribution in [2.24, 2.45) is 10.2 Å². The number of ether oxygens (including phenoxy) is 4. The van der Waals surface area contributed by atoms with E-state index in [4.69, 9.17) is 18.9 Å². The van der Waals surface area contributed by atoms with Crippen LogP contribution in [0, 0.1) is 0 Å². The van der Waals surface area contributed by atoms with E-state index in [0.29, 0.717) is 11.1 Å². The van der Waals surface area contributed by atoms with Gasteiger partial charge in [-0.3, -0.25) is 0 Å². The van der Waals surface area contributed by atoms with Crippen LogP contribution in [0.1, 0.15) is 23.0 Å². The van der Waals surface area contributed by atoms with E-state index in [2.05, 4.69) is 10.2 Å². The molecule has 2 heterocycles. The Morgan fingerprint density at radius 2 is 1.60 bits per heavy atom. The topological polar surface area (TPSA) is 180 Å². The molecule has 2 saturated heterocycles. The summed E-state index contributed by atoms with van der Waals surface area (Å²) in [5.41, 5.74) is 1.71. The van der Waals surface area contributed by atoms with E-state index in [9.17, 15) is 20.4 Å². The number of nitrogens with zero attached hydrogens (tertiary/aromatic N) is 2. The fourth-order valence-electron chi connectivity index (χ4n) is 3.91. The van der Waals surface area contributed by atoms with Crippen LogP contribution in [-0.2, 0) is 43.0 Å². The molecule has 1 radical (unpaired) electrons. The summed E-state index contributed by atoms with van der Waals surface area (Å²) in [5, 5.41) is 52.1. The van der Waals surface area contributed by atoms with Gasteiger partial charge < -0.3 is 44.8 Å². The predicted molar refractivity (Wildman–Crippen MR) is 133 cm³/mol. The largest absolute Gasteiger partial charge is 2.00 e. The van der Waals surface area contributed by atoms with Gasteiger partial charge >= 0.3 is 0 Å². The van der Waals surface area contributed by atoms with Crippen LogP contribution in [-0.4, -0.2) is 61.6 Å². The molecule has 0 aromatic heterocycles. The molecule has 3 aromatic carbocycles. The number of methoxy groups -OCH3 is 1. The molecule has 1 N–H and O–H groups in total. The molecular formula is C28H27N2O9V-5. The van der Waals surface area contributed by atoms with Gasteiger partial charge in [-0.25, -0.2) is 0 Å². The van der Waals surface area contributed by atoms with Gasteiger partial charge in [-0.05, 0) is 17.2 Å². The summed E-state index contributed by atoms with van der Waals surface area (Å²) >= 11 is 0. The molecule has 11 nitrogen and oxygen atoms in total. The zero-order valence-electron chi connectivity index (χ0n) is 21.4. The van der Waals surface area contributed by atoms with Crippen LogP contribution in [0.15, 0.2) is 95.1 Å². The fourth-order valence-corrected chi connectivity index (χ4v) is 3.91. The number of aliphatic hydroxyl groups is 1. The molecule has 2 aliphatic heterocycles. The molecule has 3 aromatic rings. The van der Waals surface area contributed by atoms with Crippen LogP contribution in [0.4, 0.5) is 0 Å². The van der Waals surface area contributed by atoms with Gasteiger partial charge in [0, 0.05) is 37.1 Å². The zero-order valence-corrected chi connectivity index (χ0v) is 22.8. The van der Waals surface area contributed by atoms with Crippen LogP contribution >= 0.6 is 0 Å². The quantitative estimate of drug-likeness (QED) is 0.253. The molecule has 0 unspecified atom stereocenters. The second-order valence-corrected chi connectivity index (χ2v) is 8.46. The number of rotatable bonds is 5. The van der Waals surface area contributed by atoms with Crippen molar-refractivity contribution < 1.29 is 63.4 Å². The molecule has 6 atom stereocenters. The third-order valence-corrected chi connectivity index (χ3v) is 5.90. The number of fused-ring (bicyclic) bond motifs is 1. The smallest absolute Gasteiger partial charge is 0.184 e. The molecule has 2 aliphatic rings. The molecule has 0 aliphatic carbocycles. The minimum atomic E-state index is -1.39. The Morgan fingerprint density at radius 3 is 2.25 bits per heavy atom. The van der Waals surface area contributed by atoms with Crippen molar-refractivity contribution in [3.05, 3.63) is 102 Å². The summed E-state index contributed by atoms with van der Waals surface area (Å²) < 4.78 is 21.7. The maximum atomic E-state index is 11.9. The third-order valence-electron chi connectivity index (χ3n) is 5.90. The van der Waals surface area contributed by atoms with Gasteiger partial charge in [-0.2, -0.15) is 10.2 Å². The van der Waals surface area contributed by atoms with Crippen molar-refractivity contribution in [1.82, 2.24) is 0 Å². The number of hydrogen-bond acceptors (Lipinski definition) is 10. The van der Waals surface area contributed by atoms with Gasteiger partial charge in [-0.15, -0.1) is 0 Å². The summed E-state index contributed by atoms with van der Waals surface area (Å²) in [6, 6.07) is 24.4. The van der Waals surface area contributed by atoms with E-state index in [1.54, 1.807) is 42.5 Å². The maximum Gasteiger partial charge on any atom is 0.184 e. The molecule has 0 saturated carbocycles. The summed E-state index contributed by atoms with van der Waals surface area (Å²) in [5.74, 6) is -0.584. The van der Waals surface area contributed by atoms with Gasteiger partial charge in [0.1, 0.15) is 18.5 Å². The molecule has 12 heteroatoms. The molecule has 213 valence electrons. The van der Waals surface area contributed by atoms with Gasteiger partial charge in [0.15, 0.2) is 6.29 Å². The monoisotopic (exact) mass is 586 g/mol. The van der Waals surface area contributed by atoms with Gasteiger partial charge in [0.05, 0.1) is 18.9 Å². The number of hydrogen-bond donors (Lipinski definition) is 1. The second kappa shape index (κ2) is 16.2. The Morgan fingerprint density at radius 1 is 0.975 bits per heavy atom. The van der Waals surface area contributed by atoms with Gasteiger partial charge in [0.25, 0.3) is 0 Å². The minimum absolute atomic E-state index is 0. The first-order valence-corrected chi connectivity index (χ1v) is 11.9. The predicted octanol–water partition coefficient (Wildman–Crippen LogP) is 0.342. The Bertz CT molecular complexity index is 1210. The average Bonchev–Trinajstić information content (AvgIpc) is 2.97. The zero-order chi connectivity index (χ0) is 26.9. The van der Waals surface area contributed by atoms with Gasteiger partial charge in [-0.1, -0.05) is 90.7 Å². The minimum Gasteiger partial charge on any atom is -2.00 e. The van der Waals surface area contributed by atoms with Crippen LogP contribution in [0.3, 0.4) is 0 Å². The molecular weight excluding hydrogens is 559 g/mol. The molecule has 2 fully saturated rings. The molecule has 5 rings (SSSR count). The maximum absolute atomic E-state index is 11.9. The van der Waals surface area contributed by atoms with E-state index < -0.39 is 42.9 Å². The van der Waals surface area contributed by atoms with Crippen molar-refractivity contribution >= 4 is 12.1 Å². The summed E-state index contributed by atoms with van der Waals surface area (Å²) in [4.78, 5) is 0. The number of benzene rings is 3. The van der Waals surface area contributed by atoms with E-state index in [1.165, 1.54) is 19.4 Å². The van der Waals surface area contributed by atoms with Crippen molar-refractivity contribution in [2.75, 3.05) is 13.7 Å². The first-order chi connectivity index (χ1) is 18.5. The second-order valence-electron chi connectivity index (χ2n) is 8.46. The molecule has 0 bridgehead atoms. The normalized spacial score (nSPS) is 25.9. The van der Waals surface area contributed by atoms with Crippen LogP contribution in [0.25, 0.3) is 0 Å². The fraction of sp³-hybridized carbons (Fsp3) is 0.286. The van der Waals surface area contributed by atoms with E-state index >= 15 is 0 Å². The number of aliphatic hydroxyl groups excluding tert-OH is 1. The van der Waals surface area contributed by atoms with Crippen molar-refractivity contribution in [3.8, 4) is 5.75 Å². The average molecular weight is 586 g/mol. The van der Waals surface area contributed by atoms with E-state index in [0.717, 1.165) is 5.56 Å². The van der Waals surface area contributed by atoms with Crippen molar-refractivity contribution in [1.29, 1.82) is 0 Å². The molecule has 40 heavy (non-hydrogen) atoms. The van der Waals surface area contributed by atoms with Crippen LogP contribution in [0.2, 0.25) is 0 Å². The van der Waals surface area contributed by atoms with Crippen molar-refractivity contribution in [2.45, 2.75) is 37.0 Å². The molecule has 0 amide bonds. The summed E-state index contributed by atoms with van der Waals surface area (Å²) in [7, 11) is 1.37. The van der Waals surface area contributed by atoms with Crippen molar-refractivity contribution in [3.63, 3.8) is 0 Å². The Labute approximate surface area is 243 Å².